The predicted octanol–water partition coefficient (Wildman–Crippen LogP) is 3.27. The number of carbonyl (C=O) groups is 3. The van der Waals surface area contributed by atoms with E-state index < -0.39 is 23.6 Å². The van der Waals surface area contributed by atoms with Crippen LogP contribution in [-0.4, -0.2) is 59.4 Å². The molecule has 0 aliphatic carbocycles. The van der Waals surface area contributed by atoms with Crippen molar-refractivity contribution in [3.05, 3.63) is 93.4 Å². The van der Waals surface area contributed by atoms with Crippen molar-refractivity contribution in [2.24, 2.45) is 0 Å². The molecule has 0 unspecified atom stereocenters. The molecule has 4 bridgehead atoms. The van der Waals surface area contributed by atoms with E-state index in [1.54, 1.807) is 12.1 Å². The summed E-state index contributed by atoms with van der Waals surface area (Å²) in [6.45, 7) is 4.74. The molecule has 4 heterocycles. The Morgan fingerprint density at radius 1 is 0.881 bits per heavy atom. The highest BCUT2D eigenvalue weighted by atomic mass is 16.5. The molecule has 10 nitrogen and oxygen atoms in total. The van der Waals surface area contributed by atoms with E-state index in [1.165, 1.54) is 4.90 Å². The molecule has 3 aromatic rings. The summed E-state index contributed by atoms with van der Waals surface area (Å²) in [5, 5.41) is 5.77. The predicted molar refractivity (Wildman–Crippen MR) is 156 cm³/mol. The van der Waals surface area contributed by atoms with E-state index in [0.29, 0.717) is 24.3 Å². The third-order valence-corrected chi connectivity index (χ3v) is 7.52. The topological polar surface area (TPSA) is 130 Å². The van der Waals surface area contributed by atoms with Gasteiger partial charge in [-0.1, -0.05) is 38.1 Å². The standard InChI is InChI=1S/C32H36N4O6/c1-20(2)26-12-11-25(31(39)35-26)32(40)36-17-27-28(18-36)41-19-22-4-3-5-24(16-22)42-23-9-6-21(7-10-23)8-13-29(37)33-15-14-30(38)34-27/h3-7,9-12,16,20,27-28H,8,13-15,17-19H2,1-2H3,(H,33,37)(H,34,38)(H,35,39)/t27-,28-/m0/s1. The number of H-pyrrole nitrogens is 1. The number of aromatic nitrogens is 1. The van der Waals surface area contributed by atoms with Gasteiger partial charge in [0.1, 0.15) is 17.1 Å². The highest BCUT2D eigenvalue weighted by molar-refractivity contribution is 5.94. The summed E-state index contributed by atoms with van der Waals surface area (Å²) in [4.78, 5) is 55.6. The van der Waals surface area contributed by atoms with Crippen LogP contribution in [0.4, 0.5) is 0 Å². The summed E-state index contributed by atoms with van der Waals surface area (Å²) in [7, 11) is 0. The Kier molecular flexibility index (Phi) is 9.02. The fraction of sp³-hybridized carbons (Fsp3) is 0.375. The van der Waals surface area contributed by atoms with Gasteiger partial charge in [-0.15, -0.1) is 0 Å². The summed E-state index contributed by atoms with van der Waals surface area (Å²) < 4.78 is 12.3. The molecule has 1 fully saturated rings. The molecule has 6 rings (SSSR count). The maximum atomic E-state index is 13.4. The van der Waals surface area contributed by atoms with Gasteiger partial charge >= 0.3 is 0 Å². The number of ether oxygens (including phenoxy) is 2. The molecule has 0 radical (unpaired) electrons. The normalized spacial score (nSPS) is 19.9. The van der Waals surface area contributed by atoms with Crippen molar-refractivity contribution < 1.29 is 23.9 Å². The quantitative estimate of drug-likeness (QED) is 0.432. The molecule has 3 aliphatic heterocycles. The van der Waals surface area contributed by atoms with E-state index in [1.807, 2.05) is 62.4 Å². The van der Waals surface area contributed by atoms with Gasteiger partial charge in [0, 0.05) is 38.2 Å². The van der Waals surface area contributed by atoms with Crippen LogP contribution >= 0.6 is 0 Å². The van der Waals surface area contributed by atoms with Crippen molar-refractivity contribution in [2.45, 2.75) is 57.8 Å². The monoisotopic (exact) mass is 572 g/mol. The highest BCUT2D eigenvalue weighted by Gasteiger charge is 2.38. The number of hydrogen-bond acceptors (Lipinski definition) is 6. The molecular formula is C32H36N4O6. The zero-order valence-corrected chi connectivity index (χ0v) is 23.9. The van der Waals surface area contributed by atoms with E-state index in [0.717, 1.165) is 16.8 Å². The van der Waals surface area contributed by atoms with Crippen LogP contribution in [0.5, 0.6) is 11.5 Å². The number of hydrogen-bond donors (Lipinski definition) is 3. The van der Waals surface area contributed by atoms with Crippen molar-refractivity contribution in [1.29, 1.82) is 0 Å². The smallest absolute Gasteiger partial charge is 0.261 e. The minimum atomic E-state index is -0.510. The average Bonchev–Trinajstić information content (AvgIpc) is 3.37. The molecule has 0 spiro atoms. The fourth-order valence-electron chi connectivity index (χ4n) is 5.11. The zero-order valence-electron chi connectivity index (χ0n) is 23.9. The minimum absolute atomic E-state index is 0.0444. The maximum absolute atomic E-state index is 13.4. The summed E-state index contributed by atoms with van der Waals surface area (Å²) >= 11 is 0. The van der Waals surface area contributed by atoms with Gasteiger partial charge in [0.15, 0.2) is 0 Å². The van der Waals surface area contributed by atoms with Crippen LogP contribution in [-0.2, 0) is 27.4 Å². The number of nitrogens with zero attached hydrogens (tertiary/aromatic N) is 1. The summed E-state index contributed by atoms with van der Waals surface area (Å²) in [5.41, 5.74) is 2.24. The molecule has 3 amide bonds. The number of carbonyl (C=O) groups excluding carboxylic acids is 3. The molecule has 2 aromatic carbocycles. The Bertz CT molecular complexity index is 1500. The van der Waals surface area contributed by atoms with Crippen LogP contribution in [0.1, 0.15) is 59.8 Å². The zero-order chi connectivity index (χ0) is 29.6. The van der Waals surface area contributed by atoms with E-state index in [9.17, 15) is 19.2 Å². The SMILES string of the molecule is CC(C)c1ccc(C(=O)N2C[C@@H]3NC(=O)CCNC(=O)CCc4ccc(cc4)Oc4cccc(c4)CO[C@H]3C2)c(=O)[nH]1. The Hall–Kier alpha value is -4.44. The molecule has 10 heteroatoms. The second-order valence-corrected chi connectivity index (χ2v) is 11.0. The number of amides is 3. The number of aryl methyl sites for hydroxylation is 1. The van der Waals surface area contributed by atoms with Crippen molar-refractivity contribution in [2.75, 3.05) is 19.6 Å². The number of rotatable bonds is 2. The van der Waals surface area contributed by atoms with E-state index in [4.69, 9.17) is 9.47 Å². The number of fused-ring (bicyclic) bond motifs is 10. The van der Waals surface area contributed by atoms with Gasteiger partial charge in [-0.25, -0.2) is 0 Å². The lowest BCUT2D eigenvalue weighted by Gasteiger charge is -2.20. The van der Waals surface area contributed by atoms with Crippen LogP contribution in [0.15, 0.2) is 65.5 Å². The molecule has 1 saturated heterocycles. The maximum Gasteiger partial charge on any atom is 0.261 e. The second kappa shape index (κ2) is 13.0. The summed E-state index contributed by atoms with van der Waals surface area (Å²) in [5.74, 6) is 0.627. The molecule has 3 N–H and O–H groups in total. The van der Waals surface area contributed by atoms with Gasteiger partial charge in [0.05, 0.1) is 18.8 Å². The Morgan fingerprint density at radius 3 is 2.45 bits per heavy atom. The van der Waals surface area contributed by atoms with Crippen molar-refractivity contribution >= 4 is 17.7 Å². The van der Waals surface area contributed by atoms with Crippen LogP contribution in [0.2, 0.25) is 0 Å². The molecule has 3 aliphatic rings. The number of nitrogens with one attached hydrogen (secondary N) is 3. The van der Waals surface area contributed by atoms with Crippen molar-refractivity contribution in [3.8, 4) is 11.5 Å². The second-order valence-electron chi connectivity index (χ2n) is 11.0. The number of benzene rings is 2. The Morgan fingerprint density at radius 2 is 1.69 bits per heavy atom. The van der Waals surface area contributed by atoms with Crippen molar-refractivity contribution in [3.63, 3.8) is 0 Å². The third kappa shape index (κ3) is 7.25. The summed E-state index contributed by atoms with van der Waals surface area (Å²) in [6.07, 6.45) is 0.454. The van der Waals surface area contributed by atoms with Crippen LogP contribution in [0.25, 0.3) is 0 Å². The lowest BCUT2D eigenvalue weighted by molar-refractivity contribution is -0.123. The van der Waals surface area contributed by atoms with E-state index >= 15 is 0 Å². The first-order valence-electron chi connectivity index (χ1n) is 14.3. The third-order valence-electron chi connectivity index (χ3n) is 7.52. The molecular weight excluding hydrogens is 536 g/mol. The highest BCUT2D eigenvalue weighted by Crippen LogP contribution is 2.25. The minimum Gasteiger partial charge on any atom is -0.457 e. The average molecular weight is 573 g/mol. The fourth-order valence-corrected chi connectivity index (χ4v) is 5.11. The van der Waals surface area contributed by atoms with Gasteiger partial charge in [0.2, 0.25) is 11.8 Å². The molecule has 2 atom stereocenters. The first-order valence-corrected chi connectivity index (χ1v) is 14.3. The van der Waals surface area contributed by atoms with Crippen LogP contribution < -0.4 is 20.9 Å². The number of pyridine rings is 1. The van der Waals surface area contributed by atoms with Crippen molar-refractivity contribution in [1.82, 2.24) is 20.5 Å². The molecule has 0 saturated carbocycles. The van der Waals surface area contributed by atoms with Gasteiger partial charge in [-0.3, -0.25) is 19.2 Å². The van der Waals surface area contributed by atoms with Gasteiger partial charge in [-0.2, -0.15) is 0 Å². The molecule has 1 aromatic heterocycles. The Labute approximate surface area is 244 Å². The molecule has 42 heavy (non-hydrogen) atoms. The van der Waals surface area contributed by atoms with Crippen LogP contribution in [0.3, 0.4) is 0 Å². The van der Waals surface area contributed by atoms with E-state index in [2.05, 4.69) is 15.6 Å². The van der Waals surface area contributed by atoms with Gasteiger partial charge < -0.3 is 30.0 Å². The number of likely N-dealkylation sites (tertiary alicyclic amines) is 1. The lowest BCUT2D eigenvalue weighted by atomic mass is 10.1. The summed E-state index contributed by atoms with van der Waals surface area (Å²) in [6, 6.07) is 18.0. The lowest BCUT2D eigenvalue weighted by Crippen LogP contribution is -2.45. The van der Waals surface area contributed by atoms with Gasteiger partial charge in [-0.05, 0) is 59.9 Å². The van der Waals surface area contributed by atoms with E-state index in [-0.39, 0.29) is 56.0 Å². The van der Waals surface area contributed by atoms with Crippen LogP contribution in [0, 0.1) is 0 Å². The van der Waals surface area contributed by atoms with Gasteiger partial charge in [0.25, 0.3) is 11.5 Å². The molecule has 220 valence electrons. The number of aromatic amines is 1. The first kappa shape index (κ1) is 29.1. The largest absolute Gasteiger partial charge is 0.457 e. The Balaban J connectivity index is 1.35. The first-order chi connectivity index (χ1) is 20.2.